The first-order valence-corrected chi connectivity index (χ1v) is 9.93. The van der Waals surface area contributed by atoms with E-state index in [1.54, 1.807) is 6.08 Å². The zero-order valence-electron chi connectivity index (χ0n) is 15.9. The largest absolute Gasteiger partial charge is 0.493 e. The van der Waals surface area contributed by atoms with Gasteiger partial charge in [-0.1, -0.05) is 38.3 Å². The molecule has 4 heteroatoms. The van der Waals surface area contributed by atoms with E-state index >= 15 is 0 Å². The maximum Gasteiger partial charge on any atom is 0.328 e. The number of ether oxygens (including phenoxy) is 2. The molecule has 2 rings (SSSR count). The van der Waals surface area contributed by atoms with E-state index < -0.39 is 5.97 Å². The molecule has 0 aromatic heterocycles. The first-order chi connectivity index (χ1) is 12.7. The van der Waals surface area contributed by atoms with Crippen molar-refractivity contribution in [2.75, 3.05) is 13.2 Å². The van der Waals surface area contributed by atoms with Gasteiger partial charge in [-0.3, -0.25) is 0 Å². The highest BCUT2D eigenvalue weighted by molar-refractivity contribution is 5.85. The molecule has 1 aromatic rings. The van der Waals surface area contributed by atoms with E-state index in [1.165, 1.54) is 38.5 Å². The van der Waals surface area contributed by atoms with E-state index in [4.69, 9.17) is 14.6 Å². The van der Waals surface area contributed by atoms with Crippen molar-refractivity contribution in [3.8, 4) is 5.75 Å². The zero-order valence-corrected chi connectivity index (χ0v) is 15.9. The van der Waals surface area contributed by atoms with Crippen molar-refractivity contribution in [2.45, 2.75) is 64.4 Å². The number of rotatable bonds is 11. The van der Waals surface area contributed by atoms with Gasteiger partial charge in [-0.2, -0.15) is 0 Å². The molecule has 0 spiro atoms. The van der Waals surface area contributed by atoms with Crippen LogP contribution in [0.2, 0.25) is 0 Å². The van der Waals surface area contributed by atoms with Crippen LogP contribution in [0, 0.1) is 5.92 Å². The Kier molecular flexibility index (Phi) is 9.26. The molecule has 0 unspecified atom stereocenters. The highest BCUT2D eigenvalue weighted by Crippen LogP contribution is 2.27. The highest BCUT2D eigenvalue weighted by atomic mass is 16.5. The molecule has 26 heavy (non-hydrogen) atoms. The van der Waals surface area contributed by atoms with Crippen LogP contribution in [0.15, 0.2) is 30.3 Å². The topological polar surface area (TPSA) is 55.8 Å². The molecule has 1 aliphatic rings. The van der Waals surface area contributed by atoms with Crippen LogP contribution < -0.4 is 4.74 Å². The standard InChI is InChI=1S/C22H32O4/c1-2-3-4-5-16-25-20-13-8-19(9-14-20)17-26-21-11-6-18(7-12-21)10-15-22(23)24/h6-7,10-12,15,19-20H,2-5,8-9,13-14,16-17H2,1H3,(H,23,24). The Hall–Kier alpha value is -1.81. The van der Waals surface area contributed by atoms with Gasteiger partial charge in [0.05, 0.1) is 12.7 Å². The molecule has 0 aliphatic heterocycles. The Morgan fingerprint density at radius 2 is 1.85 bits per heavy atom. The molecule has 1 aliphatic carbocycles. The average Bonchev–Trinajstić information content (AvgIpc) is 2.66. The molecule has 0 radical (unpaired) electrons. The Morgan fingerprint density at radius 1 is 1.12 bits per heavy atom. The third-order valence-corrected chi connectivity index (χ3v) is 4.93. The maximum absolute atomic E-state index is 10.5. The smallest absolute Gasteiger partial charge is 0.328 e. The Morgan fingerprint density at radius 3 is 2.50 bits per heavy atom. The molecule has 0 bridgehead atoms. The second-order valence-corrected chi connectivity index (χ2v) is 7.13. The minimum Gasteiger partial charge on any atom is -0.493 e. The molecule has 4 nitrogen and oxygen atoms in total. The van der Waals surface area contributed by atoms with Crippen LogP contribution in [-0.4, -0.2) is 30.4 Å². The van der Waals surface area contributed by atoms with E-state index in [2.05, 4.69) is 6.92 Å². The van der Waals surface area contributed by atoms with Crippen LogP contribution in [0.4, 0.5) is 0 Å². The fraction of sp³-hybridized carbons (Fsp3) is 0.591. The van der Waals surface area contributed by atoms with Gasteiger partial charge in [0.15, 0.2) is 0 Å². The van der Waals surface area contributed by atoms with Crippen LogP contribution in [0.25, 0.3) is 6.08 Å². The third-order valence-electron chi connectivity index (χ3n) is 4.93. The zero-order chi connectivity index (χ0) is 18.6. The van der Waals surface area contributed by atoms with Gasteiger partial charge < -0.3 is 14.6 Å². The summed E-state index contributed by atoms with van der Waals surface area (Å²) in [5, 5.41) is 8.64. The number of carboxylic acid groups (broad SMARTS) is 1. The number of hydrogen-bond donors (Lipinski definition) is 1. The summed E-state index contributed by atoms with van der Waals surface area (Å²) in [6.45, 7) is 3.89. The number of carbonyl (C=O) groups is 1. The summed E-state index contributed by atoms with van der Waals surface area (Å²) in [6.07, 6.45) is 12.8. The number of carboxylic acids is 1. The first-order valence-electron chi connectivity index (χ1n) is 9.93. The van der Waals surface area contributed by atoms with Gasteiger partial charge in [0.1, 0.15) is 5.75 Å². The van der Waals surface area contributed by atoms with Crippen molar-refractivity contribution in [1.29, 1.82) is 0 Å². The van der Waals surface area contributed by atoms with Crippen molar-refractivity contribution >= 4 is 12.0 Å². The lowest BCUT2D eigenvalue weighted by Gasteiger charge is -2.28. The Balaban J connectivity index is 1.61. The molecule has 0 heterocycles. The van der Waals surface area contributed by atoms with Crippen LogP contribution in [0.3, 0.4) is 0 Å². The Bertz CT molecular complexity index is 542. The van der Waals surface area contributed by atoms with Gasteiger partial charge in [-0.15, -0.1) is 0 Å². The minimum atomic E-state index is -0.939. The Labute approximate surface area is 157 Å². The van der Waals surface area contributed by atoms with Gasteiger partial charge in [-0.25, -0.2) is 4.79 Å². The minimum absolute atomic E-state index is 0.438. The van der Waals surface area contributed by atoms with Crippen molar-refractivity contribution < 1.29 is 19.4 Å². The number of benzene rings is 1. The summed E-state index contributed by atoms with van der Waals surface area (Å²) < 4.78 is 11.9. The van der Waals surface area contributed by atoms with E-state index in [0.717, 1.165) is 43.4 Å². The van der Waals surface area contributed by atoms with Crippen molar-refractivity contribution in [1.82, 2.24) is 0 Å². The molecule has 1 aromatic carbocycles. The summed E-state index contributed by atoms with van der Waals surface area (Å²) in [6, 6.07) is 7.54. The van der Waals surface area contributed by atoms with E-state index in [0.29, 0.717) is 12.0 Å². The molecule has 0 atom stereocenters. The molecule has 144 valence electrons. The lowest BCUT2D eigenvalue weighted by molar-refractivity contribution is -0.131. The summed E-state index contributed by atoms with van der Waals surface area (Å²) in [4.78, 5) is 10.5. The molecule has 1 saturated carbocycles. The second-order valence-electron chi connectivity index (χ2n) is 7.13. The fourth-order valence-electron chi connectivity index (χ4n) is 3.30. The van der Waals surface area contributed by atoms with E-state index in [9.17, 15) is 4.79 Å². The van der Waals surface area contributed by atoms with Gasteiger partial charge in [0.25, 0.3) is 0 Å². The van der Waals surface area contributed by atoms with Crippen LogP contribution in [-0.2, 0) is 9.53 Å². The number of aliphatic carboxylic acids is 1. The monoisotopic (exact) mass is 360 g/mol. The summed E-state index contributed by atoms with van der Waals surface area (Å²) >= 11 is 0. The number of hydrogen-bond acceptors (Lipinski definition) is 3. The second kappa shape index (κ2) is 11.7. The van der Waals surface area contributed by atoms with Gasteiger partial charge in [0.2, 0.25) is 0 Å². The van der Waals surface area contributed by atoms with Crippen LogP contribution in [0.5, 0.6) is 5.75 Å². The van der Waals surface area contributed by atoms with Crippen LogP contribution >= 0.6 is 0 Å². The van der Waals surface area contributed by atoms with Gasteiger partial charge >= 0.3 is 5.97 Å². The summed E-state index contributed by atoms with van der Waals surface area (Å²) in [5.74, 6) is 0.499. The lowest BCUT2D eigenvalue weighted by Crippen LogP contribution is -2.25. The predicted octanol–water partition coefficient (Wildman–Crippen LogP) is 5.32. The number of unbranched alkanes of at least 4 members (excludes halogenated alkanes) is 3. The van der Waals surface area contributed by atoms with Crippen molar-refractivity contribution in [2.24, 2.45) is 5.92 Å². The molecular formula is C22H32O4. The third kappa shape index (κ3) is 8.05. The summed E-state index contributed by atoms with van der Waals surface area (Å²) in [5.41, 5.74) is 0.858. The predicted molar refractivity (Wildman–Crippen MR) is 104 cm³/mol. The quantitative estimate of drug-likeness (QED) is 0.429. The van der Waals surface area contributed by atoms with Crippen molar-refractivity contribution in [3.63, 3.8) is 0 Å². The van der Waals surface area contributed by atoms with Gasteiger partial charge in [-0.05, 0) is 61.8 Å². The van der Waals surface area contributed by atoms with E-state index in [-0.39, 0.29) is 0 Å². The van der Waals surface area contributed by atoms with Gasteiger partial charge in [0, 0.05) is 12.7 Å². The van der Waals surface area contributed by atoms with Crippen LogP contribution in [0.1, 0.15) is 63.9 Å². The molecule has 0 saturated heterocycles. The lowest BCUT2D eigenvalue weighted by atomic mass is 9.88. The molecule has 0 amide bonds. The highest BCUT2D eigenvalue weighted by Gasteiger charge is 2.22. The fourth-order valence-corrected chi connectivity index (χ4v) is 3.30. The maximum atomic E-state index is 10.5. The van der Waals surface area contributed by atoms with E-state index in [1.807, 2.05) is 24.3 Å². The first kappa shape index (κ1) is 20.5. The normalized spacial score (nSPS) is 20.3. The average molecular weight is 360 g/mol. The molecular weight excluding hydrogens is 328 g/mol. The SMILES string of the molecule is CCCCCCOC1CCC(COc2ccc(C=CC(=O)O)cc2)CC1. The summed E-state index contributed by atoms with van der Waals surface area (Å²) in [7, 11) is 0. The molecule has 1 N–H and O–H groups in total. The van der Waals surface area contributed by atoms with Crippen molar-refractivity contribution in [3.05, 3.63) is 35.9 Å². The molecule has 1 fully saturated rings.